The Kier molecular flexibility index (Phi) is 4.93. The number of halogens is 1. The van der Waals surface area contributed by atoms with Crippen LogP contribution in [0.3, 0.4) is 0 Å². The molecule has 1 aromatic heterocycles. The Balaban J connectivity index is 2.09. The SMILES string of the molecule is CCC(N)Cc1cc(Br)ccc1OCc1ncon1. The van der Waals surface area contributed by atoms with E-state index in [9.17, 15) is 0 Å². The first-order valence-electron chi connectivity index (χ1n) is 6.11. The molecular weight excluding hydrogens is 310 g/mol. The van der Waals surface area contributed by atoms with Crippen LogP contribution in [0.1, 0.15) is 24.7 Å². The number of hydrogen-bond donors (Lipinski definition) is 1. The van der Waals surface area contributed by atoms with Gasteiger partial charge < -0.3 is 15.0 Å². The third-order valence-electron chi connectivity index (χ3n) is 2.79. The lowest BCUT2D eigenvalue weighted by atomic mass is 10.0. The lowest BCUT2D eigenvalue weighted by molar-refractivity contribution is 0.283. The van der Waals surface area contributed by atoms with Gasteiger partial charge in [0, 0.05) is 10.5 Å². The molecule has 1 heterocycles. The molecule has 0 bridgehead atoms. The van der Waals surface area contributed by atoms with E-state index in [0.29, 0.717) is 5.82 Å². The summed E-state index contributed by atoms with van der Waals surface area (Å²) in [5, 5.41) is 3.71. The zero-order chi connectivity index (χ0) is 13.7. The van der Waals surface area contributed by atoms with E-state index in [1.807, 2.05) is 18.2 Å². The monoisotopic (exact) mass is 325 g/mol. The molecule has 1 aromatic carbocycles. The average Bonchev–Trinajstić information content (AvgIpc) is 2.91. The molecule has 0 saturated heterocycles. The van der Waals surface area contributed by atoms with Crippen LogP contribution in [0, 0.1) is 0 Å². The van der Waals surface area contributed by atoms with Gasteiger partial charge in [0.2, 0.25) is 12.2 Å². The maximum atomic E-state index is 6.00. The van der Waals surface area contributed by atoms with Gasteiger partial charge in [-0.3, -0.25) is 0 Å². The van der Waals surface area contributed by atoms with Gasteiger partial charge in [0.05, 0.1) is 0 Å². The maximum absolute atomic E-state index is 6.00. The molecule has 2 rings (SSSR count). The van der Waals surface area contributed by atoms with Gasteiger partial charge in [0.25, 0.3) is 0 Å². The van der Waals surface area contributed by atoms with Gasteiger partial charge in [0.1, 0.15) is 5.75 Å². The Labute approximate surface area is 120 Å². The predicted molar refractivity (Wildman–Crippen MR) is 74.7 cm³/mol. The minimum Gasteiger partial charge on any atom is -0.485 e. The van der Waals surface area contributed by atoms with Crippen molar-refractivity contribution >= 4 is 15.9 Å². The Bertz CT molecular complexity index is 517. The van der Waals surface area contributed by atoms with Crippen molar-refractivity contribution in [2.75, 3.05) is 0 Å². The van der Waals surface area contributed by atoms with E-state index in [0.717, 1.165) is 28.6 Å². The predicted octanol–water partition coefficient (Wildman–Crippen LogP) is 2.69. The van der Waals surface area contributed by atoms with Crippen LogP contribution in [0.5, 0.6) is 5.75 Å². The fourth-order valence-electron chi connectivity index (χ4n) is 1.67. The van der Waals surface area contributed by atoms with Gasteiger partial charge in [-0.15, -0.1) is 0 Å². The molecule has 19 heavy (non-hydrogen) atoms. The number of nitrogens with two attached hydrogens (primary N) is 1. The van der Waals surface area contributed by atoms with Crippen molar-refractivity contribution in [3.63, 3.8) is 0 Å². The fraction of sp³-hybridized carbons (Fsp3) is 0.385. The molecule has 0 aliphatic heterocycles. The quantitative estimate of drug-likeness (QED) is 0.883. The number of benzene rings is 1. The van der Waals surface area contributed by atoms with Crippen LogP contribution in [-0.4, -0.2) is 16.2 Å². The van der Waals surface area contributed by atoms with Crippen LogP contribution >= 0.6 is 15.9 Å². The van der Waals surface area contributed by atoms with E-state index in [2.05, 4.69) is 37.5 Å². The minimum atomic E-state index is 0.127. The van der Waals surface area contributed by atoms with Crippen molar-refractivity contribution in [1.82, 2.24) is 10.1 Å². The molecule has 0 saturated carbocycles. The summed E-state index contributed by atoms with van der Waals surface area (Å²) in [6.07, 6.45) is 2.99. The first kappa shape index (κ1) is 14.0. The summed E-state index contributed by atoms with van der Waals surface area (Å²) in [6.45, 7) is 2.36. The zero-order valence-electron chi connectivity index (χ0n) is 10.7. The van der Waals surface area contributed by atoms with E-state index in [1.54, 1.807) is 0 Å². The molecule has 1 atom stereocenters. The third kappa shape index (κ3) is 4.04. The highest BCUT2D eigenvalue weighted by atomic mass is 79.9. The van der Waals surface area contributed by atoms with Gasteiger partial charge in [-0.2, -0.15) is 4.98 Å². The van der Waals surface area contributed by atoms with Crippen molar-refractivity contribution in [2.24, 2.45) is 5.73 Å². The normalized spacial score (nSPS) is 12.4. The van der Waals surface area contributed by atoms with E-state index in [-0.39, 0.29) is 12.6 Å². The highest BCUT2D eigenvalue weighted by Gasteiger charge is 2.10. The van der Waals surface area contributed by atoms with Gasteiger partial charge in [-0.25, -0.2) is 0 Å². The van der Waals surface area contributed by atoms with Crippen LogP contribution in [0.4, 0.5) is 0 Å². The summed E-state index contributed by atoms with van der Waals surface area (Å²) in [5.74, 6) is 1.32. The van der Waals surface area contributed by atoms with E-state index < -0.39 is 0 Å². The lowest BCUT2D eigenvalue weighted by Crippen LogP contribution is -2.21. The molecule has 0 aliphatic carbocycles. The summed E-state index contributed by atoms with van der Waals surface area (Å²) >= 11 is 3.46. The van der Waals surface area contributed by atoms with Crippen LogP contribution in [0.2, 0.25) is 0 Å². The number of ether oxygens (including phenoxy) is 1. The second-order valence-corrected chi connectivity index (χ2v) is 5.18. The molecule has 0 aliphatic rings. The third-order valence-corrected chi connectivity index (χ3v) is 3.29. The van der Waals surface area contributed by atoms with E-state index in [1.165, 1.54) is 6.39 Å². The van der Waals surface area contributed by atoms with Crippen LogP contribution in [0.25, 0.3) is 0 Å². The summed E-state index contributed by atoms with van der Waals surface area (Å²) in [5.41, 5.74) is 7.08. The van der Waals surface area contributed by atoms with Gasteiger partial charge >= 0.3 is 0 Å². The highest BCUT2D eigenvalue weighted by Crippen LogP contribution is 2.25. The molecule has 6 heteroatoms. The smallest absolute Gasteiger partial charge is 0.213 e. The molecule has 2 N–H and O–H groups in total. The Morgan fingerprint density at radius 2 is 2.32 bits per heavy atom. The minimum absolute atomic E-state index is 0.127. The largest absolute Gasteiger partial charge is 0.485 e. The molecule has 0 spiro atoms. The van der Waals surface area contributed by atoms with Crippen LogP contribution in [-0.2, 0) is 13.0 Å². The molecule has 5 nitrogen and oxygen atoms in total. The van der Waals surface area contributed by atoms with Crippen molar-refractivity contribution < 1.29 is 9.26 Å². The fourth-order valence-corrected chi connectivity index (χ4v) is 2.08. The highest BCUT2D eigenvalue weighted by molar-refractivity contribution is 9.10. The number of rotatable bonds is 6. The summed E-state index contributed by atoms with van der Waals surface area (Å²) in [6, 6.07) is 6.01. The Hall–Kier alpha value is -1.40. The molecule has 2 aromatic rings. The second kappa shape index (κ2) is 6.68. The molecule has 1 unspecified atom stereocenters. The van der Waals surface area contributed by atoms with Gasteiger partial charge in [-0.1, -0.05) is 28.0 Å². The standard InChI is InChI=1S/C13H16BrN3O2/c1-2-11(15)6-9-5-10(14)3-4-12(9)18-7-13-16-8-19-17-13/h3-5,8,11H,2,6-7,15H2,1H3. The first-order valence-corrected chi connectivity index (χ1v) is 6.90. The van der Waals surface area contributed by atoms with Gasteiger partial charge in [-0.05, 0) is 36.6 Å². The van der Waals surface area contributed by atoms with Crippen molar-refractivity contribution in [3.05, 3.63) is 40.5 Å². The summed E-state index contributed by atoms with van der Waals surface area (Å²) in [4.78, 5) is 3.92. The molecule has 0 radical (unpaired) electrons. The molecule has 0 fully saturated rings. The lowest BCUT2D eigenvalue weighted by Gasteiger charge is -2.14. The number of nitrogens with zero attached hydrogens (tertiary/aromatic N) is 2. The van der Waals surface area contributed by atoms with Gasteiger partial charge in [0.15, 0.2) is 6.61 Å². The van der Waals surface area contributed by atoms with E-state index in [4.69, 9.17) is 10.5 Å². The second-order valence-electron chi connectivity index (χ2n) is 4.26. The Morgan fingerprint density at radius 3 is 3.00 bits per heavy atom. The molecular formula is C13H16BrN3O2. The Morgan fingerprint density at radius 1 is 1.47 bits per heavy atom. The van der Waals surface area contributed by atoms with Crippen LogP contribution < -0.4 is 10.5 Å². The molecule has 102 valence electrons. The van der Waals surface area contributed by atoms with E-state index >= 15 is 0 Å². The summed E-state index contributed by atoms with van der Waals surface area (Å²) < 4.78 is 11.4. The first-order chi connectivity index (χ1) is 9.19. The average molecular weight is 326 g/mol. The zero-order valence-corrected chi connectivity index (χ0v) is 12.3. The van der Waals surface area contributed by atoms with Crippen molar-refractivity contribution in [1.29, 1.82) is 0 Å². The maximum Gasteiger partial charge on any atom is 0.213 e. The van der Waals surface area contributed by atoms with Crippen molar-refractivity contribution in [2.45, 2.75) is 32.4 Å². The number of aromatic nitrogens is 2. The molecule has 0 amide bonds. The number of hydrogen-bond acceptors (Lipinski definition) is 5. The summed E-state index contributed by atoms with van der Waals surface area (Å²) in [7, 11) is 0. The van der Waals surface area contributed by atoms with Crippen molar-refractivity contribution in [3.8, 4) is 5.75 Å². The van der Waals surface area contributed by atoms with Crippen LogP contribution in [0.15, 0.2) is 33.6 Å². The topological polar surface area (TPSA) is 74.2 Å².